The van der Waals surface area contributed by atoms with Gasteiger partial charge in [-0.15, -0.1) is 0 Å². The van der Waals surface area contributed by atoms with Crippen LogP contribution in [0.25, 0.3) is 0 Å². The minimum atomic E-state index is -0.493. The summed E-state index contributed by atoms with van der Waals surface area (Å²) in [6.07, 6.45) is 0.256. The summed E-state index contributed by atoms with van der Waals surface area (Å²) in [7, 11) is 0. The van der Waals surface area contributed by atoms with Gasteiger partial charge in [-0.1, -0.05) is 6.92 Å². The Bertz CT molecular complexity index is 167. The highest BCUT2D eigenvalue weighted by atomic mass is 16.3. The Hall–Kier alpha value is -0.410. The Balaban J connectivity index is 2.71. The van der Waals surface area contributed by atoms with Gasteiger partial charge in [-0.05, 0) is 19.3 Å². The van der Waals surface area contributed by atoms with E-state index in [4.69, 9.17) is 5.73 Å². The Labute approximate surface area is 67.3 Å². The number of aliphatic imine (C=N–C) groups is 1. The molecule has 0 aromatic carbocycles. The quantitative estimate of drug-likeness (QED) is 0.576. The monoisotopic (exact) mass is 156 g/mol. The van der Waals surface area contributed by atoms with Crippen LogP contribution in [0, 0.1) is 11.8 Å². The largest absolute Gasteiger partial charge is 0.372 e. The minimum absolute atomic E-state index is 0.374. The SMILES string of the molecule is CC1=N[C@@H](O)CC(C)[C@H]1CN. The van der Waals surface area contributed by atoms with Crippen LogP contribution in [0.3, 0.4) is 0 Å². The molecule has 0 aromatic heterocycles. The van der Waals surface area contributed by atoms with Crippen LogP contribution in [0.2, 0.25) is 0 Å². The van der Waals surface area contributed by atoms with Gasteiger partial charge in [0.2, 0.25) is 0 Å². The molecule has 1 aliphatic heterocycles. The average Bonchev–Trinajstić information content (AvgIpc) is 1.85. The lowest BCUT2D eigenvalue weighted by atomic mass is 9.85. The summed E-state index contributed by atoms with van der Waals surface area (Å²) in [4.78, 5) is 4.08. The van der Waals surface area contributed by atoms with Crippen LogP contribution < -0.4 is 5.73 Å². The third-order valence-corrected chi connectivity index (χ3v) is 2.41. The summed E-state index contributed by atoms with van der Waals surface area (Å²) >= 11 is 0. The molecule has 64 valence electrons. The number of nitrogens with two attached hydrogens (primary N) is 1. The fourth-order valence-corrected chi connectivity index (χ4v) is 1.69. The van der Waals surface area contributed by atoms with Gasteiger partial charge in [0.1, 0.15) is 6.23 Å². The smallest absolute Gasteiger partial charge is 0.145 e. The molecule has 0 saturated carbocycles. The summed E-state index contributed by atoms with van der Waals surface area (Å²) in [5.74, 6) is 0.839. The molecule has 3 heteroatoms. The minimum Gasteiger partial charge on any atom is -0.372 e. The van der Waals surface area contributed by atoms with E-state index >= 15 is 0 Å². The lowest BCUT2D eigenvalue weighted by molar-refractivity contribution is 0.135. The molecule has 0 saturated heterocycles. The topological polar surface area (TPSA) is 58.6 Å². The Kier molecular flexibility index (Phi) is 2.62. The molecule has 1 heterocycles. The third kappa shape index (κ3) is 1.79. The molecule has 3 nitrogen and oxygen atoms in total. The van der Waals surface area contributed by atoms with E-state index < -0.39 is 6.23 Å². The predicted molar refractivity (Wildman–Crippen MR) is 45.4 cm³/mol. The summed E-state index contributed by atoms with van der Waals surface area (Å²) in [5, 5.41) is 9.23. The van der Waals surface area contributed by atoms with E-state index in [1.165, 1.54) is 0 Å². The molecule has 0 radical (unpaired) electrons. The lowest BCUT2D eigenvalue weighted by Crippen LogP contribution is -2.34. The molecule has 0 aliphatic carbocycles. The predicted octanol–water partition coefficient (Wildman–Crippen LogP) is 0.380. The first-order valence-corrected chi connectivity index (χ1v) is 4.07. The van der Waals surface area contributed by atoms with Gasteiger partial charge in [-0.2, -0.15) is 0 Å². The van der Waals surface area contributed by atoms with E-state index in [0.717, 1.165) is 12.1 Å². The number of hydrogen-bond donors (Lipinski definition) is 2. The molecule has 0 bridgehead atoms. The van der Waals surface area contributed by atoms with Crippen molar-refractivity contribution in [3.63, 3.8) is 0 Å². The van der Waals surface area contributed by atoms with Gasteiger partial charge in [0.05, 0.1) is 0 Å². The van der Waals surface area contributed by atoms with Crippen LogP contribution in [-0.2, 0) is 0 Å². The van der Waals surface area contributed by atoms with Gasteiger partial charge in [0.15, 0.2) is 0 Å². The van der Waals surface area contributed by atoms with Gasteiger partial charge < -0.3 is 10.8 Å². The van der Waals surface area contributed by atoms with Crippen molar-refractivity contribution in [2.45, 2.75) is 26.5 Å². The fourth-order valence-electron chi connectivity index (χ4n) is 1.69. The van der Waals surface area contributed by atoms with E-state index in [1.54, 1.807) is 0 Å². The van der Waals surface area contributed by atoms with Gasteiger partial charge in [0, 0.05) is 18.2 Å². The molecule has 0 spiro atoms. The summed E-state index contributed by atoms with van der Waals surface area (Å²) < 4.78 is 0. The highest BCUT2D eigenvalue weighted by molar-refractivity contribution is 5.85. The molecule has 1 aliphatic rings. The van der Waals surface area contributed by atoms with Crippen molar-refractivity contribution in [1.29, 1.82) is 0 Å². The Morgan fingerprint density at radius 2 is 2.36 bits per heavy atom. The summed E-state index contributed by atoms with van der Waals surface area (Å²) in [5.41, 5.74) is 6.57. The van der Waals surface area contributed by atoms with Crippen molar-refractivity contribution in [3.8, 4) is 0 Å². The third-order valence-electron chi connectivity index (χ3n) is 2.41. The zero-order valence-corrected chi connectivity index (χ0v) is 7.12. The van der Waals surface area contributed by atoms with Crippen LogP contribution >= 0.6 is 0 Å². The molecule has 3 N–H and O–H groups in total. The van der Waals surface area contributed by atoms with Crippen LogP contribution in [0.4, 0.5) is 0 Å². The van der Waals surface area contributed by atoms with Gasteiger partial charge in [0.25, 0.3) is 0 Å². The molecule has 3 atom stereocenters. The van der Waals surface area contributed by atoms with Crippen LogP contribution in [0.15, 0.2) is 4.99 Å². The van der Waals surface area contributed by atoms with Gasteiger partial charge >= 0.3 is 0 Å². The summed E-state index contributed by atoms with van der Waals surface area (Å²) in [6.45, 7) is 4.69. The van der Waals surface area contributed by atoms with Crippen LogP contribution in [-0.4, -0.2) is 23.6 Å². The number of aliphatic hydroxyl groups is 1. The van der Waals surface area contributed by atoms with E-state index in [9.17, 15) is 5.11 Å². The Morgan fingerprint density at radius 3 is 2.82 bits per heavy atom. The molecule has 0 fully saturated rings. The first-order valence-electron chi connectivity index (χ1n) is 4.07. The first-order chi connectivity index (χ1) is 5.15. The highest BCUT2D eigenvalue weighted by Crippen LogP contribution is 2.23. The summed E-state index contributed by atoms with van der Waals surface area (Å²) in [6, 6.07) is 0. The second-order valence-corrected chi connectivity index (χ2v) is 3.31. The number of aliphatic hydroxyl groups excluding tert-OH is 1. The first kappa shape index (κ1) is 8.68. The molecule has 0 amide bonds. The van der Waals surface area contributed by atoms with Crippen LogP contribution in [0.5, 0.6) is 0 Å². The fraction of sp³-hybridized carbons (Fsp3) is 0.875. The van der Waals surface area contributed by atoms with Crippen LogP contribution in [0.1, 0.15) is 20.3 Å². The maximum Gasteiger partial charge on any atom is 0.145 e. The van der Waals surface area contributed by atoms with E-state index in [-0.39, 0.29) is 0 Å². The number of hydrogen-bond acceptors (Lipinski definition) is 3. The maximum absolute atomic E-state index is 9.23. The zero-order chi connectivity index (χ0) is 8.43. The average molecular weight is 156 g/mol. The Morgan fingerprint density at radius 1 is 1.73 bits per heavy atom. The molecular weight excluding hydrogens is 140 g/mol. The zero-order valence-electron chi connectivity index (χ0n) is 7.12. The van der Waals surface area contributed by atoms with Crippen molar-refractivity contribution >= 4 is 5.71 Å². The molecule has 1 unspecified atom stereocenters. The number of nitrogens with zero attached hydrogens (tertiary/aromatic N) is 1. The maximum atomic E-state index is 9.23. The molecular formula is C8H16N2O. The van der Waals surface area contributed by atoms with Crippen molar-refractivity contribution < 1.29 is 5.11 Å². The second kappa shape index (κ2) is 3.32. The van der Waals surface area contributed by atoms with E-state index in [1.807, 2.05) is 6.92 Å². The highest BCUT2D eigenvalue weighted by Gasteiger charge is 2.25. The number of rotatable bonds is 1. The second-order valence-electron chi connectivity index (χ2n) is 3.31. The van der Waals surface area contributed by atoms with Crippen molar-refractivity contribution in [2.24, 2.45) is 22.6 Å². The van der Waals surface area contributed by atoms with Crippen molar-refractivity contribution in [3.05, 3.63) is 0 Å². The standard InChI is InChI=1S/C8H16N2O/c1-5-3-8(11)10-6(2)7(5)4-9/h5,7-8,11H,3-4,9H2,1-2H3/t5?,7-,8+/m1/s1. The molecule has 1 rings (SSSR count). The van der Waals surface area contributed by atoms with Crippen molar-refractivity contribution in [2.75, 3.05) is 6.54 Å². The van der Waals surface area contributed by atoms with Gasteiger partial charge in [-0.3, -0.25) is 4.99 Å². The van der Waals surface area contributed by atoms with Gasteiger partial charge in [-0.25, -0.2) is 0 Å². The van der Waals surface area contributed by atoms with E-state index in [2.05, 4.69) is 11.9 Å². The van der Waals surface area contributed by atoms with E-state index in [0.29, 0.717) is 18.4 Å². The molecule has 11 heavy (non-hydrogen) atoms. The lowest BCUT2D eigenvalue weighted by Gasteiger charge is -2.28. The van der Waals surface area contributed by atoms with Crippen molar-refractivity contribution in [1.82, 2.24) is 0 Å². The normalized spacial score (nSPS) is 38.5. The molecule has 0 aromatic rings.